The molecule has 2 aliphatic heterocycles. The van der Waals surface area contributed by atoms with Crippen LogP contribution < -0.4 is 0 Å². The lowest BCUT2D eigenvalue weighted by Crippen LogP contribution is -2.40. The quantitative estimate of drug-likeness (QED) is 0.735. The summed E-state index contributed by atoms with van der Waals surface area (Å²) in [6.07, 6.45) is 2.86. The lowest BCUT2D eigenvalue weighted by Gasteiger charge is -2.30. The number of piperidine rings is 1. The average molecular weight is 373 g/mol. The molecule has 0 unspecified atom stereocenters. The van der Waals surface area contributed by atoms with Crippen molar-refractivity contribution in [2.75, 3.05) is 30.3 Å². The molecular weight excluding hydrogens is 348 g/mol. The van der Waals surface area contributed by atoms with E-state index in [0.29, 0.717) is 29.1 Å². The van der Waals surface area contributed by atoms with E-state index in [1.807, 2.05) is 16.5 Å². The van der Waals surface area contributed by atoms with Gasteiger partial charge in [0, 0.05) is 26.1 Å². The molecule has 0 N–H and O–H groups in total. The summed E-state index contributed by atoms with van der Waals surface area (Å²) in [5, 5.41) is 8.99. The lowest BCUT2D eigenvalue weighted by molar-refractivity contribution is -0.130. The maximum Gasteiger partial charge on any atom is 0.233 e. The Morgan fingerprint density at radius 1 is 1.33 bits per heavy atom. The number of rotatable bonds is 4. The van der Waals surface area contributed by atoms with E-state index in [-0.39, 0.29) is 23.3 Å². The molecular formula is C15H24N4O3S2. The second-order valence-corrected chi connectivity index (χ2v) is 10.0. The van der Waals surface area contributed by atoms with E-state index in [0.717, 1.165) is 19.5 Å². The van der Waals surface area contributed by atoms with Crippen LogP contribution in [0.15, 0.2) is 5.16 Å². The maximum atomic E-state index is 12.3. The molecule has 0 radical (unpaired) electrons. The minimum atomic E-state index is -2.95. The highest BCUT2D eigenvalue weighted by atomic mass is 32.2. The molecule has 1 amide bonds. The van der Waals surface area contributed by atoms with E-state index in [1.165, 1.54) is 18.2 Å². The third kappa shape index (κ3) is 3.93. The first-order valence-electron chi connectivity index (χ1n) is 8.36. The number of carbonyl (C=O) groups excluding carboxylic acids is 1. The zero-order chi connectivity index (χ0) is 17.3. The van der Waals surface area contributed by atoms with Crippen LogP contribution in [0, 0.1) is 5.92 Å². The van der Waals surface area contributed by atoms with Crippen molar-refractivity contribution in [2.45, 2.75) is 37.3 Å². The lowest BCUT2D eigenvalue weighted by atomic mass is 10.0. The summed E-state index contributed by atoms with van der Waals surface area (Å²) in [4.78, 5) is 14.3. The molecule has 7 nitrogen and oxygen atoms in total. The summed E-state index contributed by atoms with van der Waals surface area (Å²) in [7, 11) is -1.10. The number of amides is 1. The number of aromatic nitrogens is 3. The zero-order valence-corrected chi connectivity index (χ0v) is 15.8. The zero-order valence-electron chi connectivity index (χ0n) is 14.1. The number of sulfone groups is 1. The van der Waals surface area contributed by atoms with Crippen molar-refractivity contribution < 1.29 is 13.2 Å². The summed E-state index contributed by atoms with van der Waals surface area (Å²) in [5.41, 5.74) is 0. The van der Waals surface area contributed by atoms with Gasteiger partial charge in [-0.2, -0.15) is 0 Å². The predicted molar refractivity (Wildman–Crippen MR) is 92.7 cm³/mol. The van der Waals surface area contributed by atoms with E-state index in [2.05, 4.69) is 17.1 Å². The van der Waals surface area contributed by atoms with Crippen LogP contribution in [0.5, 0.6) is 0 Å². The Labute approximate surface area is 147 Å². The van der Waals surface area contributed by atoms with Crippen LogP contribution in [0.25, 0.3) is 0 Å². The molecule has 2 fully saturated rings. The molecule has 9 heteroatoms. The molecule has 0 spiro atoms. The SMILES string of the molecule is C[C@H]1CCCN(C(=O)CSc2nnc([C@@H]3CCS(=O)(=O)C3)n2C)C1. The molecule has 3 heterocycles. The Morgan fingerprint density at radius 2 is 2.12 bits per heavy atom. The summed E-state index contributed by atoms with van der Waals surface area (Å²) >= 11 is 1.38. The van der Waals surface area contributed by atoms with Crippen LogP contribution in [0.2, 0.25) is 0 Å². The van der Waals surface area contributed by atoms with Crippen molar-refractivity contribution in [1.82, 2.24) is 19.7 Å². The van der Waals surface area contributed by atoms with Gasteiger partial charge in [-0.05, 0) is 25.2 Å². The van der Waals surface area contributed by atoms with E-state index < -0.39 is 9.84 Å². The number of hydrogen-bond acceptors (Lipinski definition) is 6. The van der Waals surface area contributed by atoms with Gasteiger partial charge >= 0.3 is 0 Å². The average Bonchev–Trinajstić information content (AvgIpc) is 3.07. The largest absolute Gasteiger partial charge is 0.342 e. The predicted octanol–water partition coefficient (Wildman–Crippen LogP) is 1.07. The second-order valence-electron chi connectivity index (χ2n) is 6.88. The normalized spacial score (nSPS) is 26.7. The molecule has 2 atom stereocenters. The molecule has 1 aromatic heterocycles. The molecule has 3 rings (SSSR count). The van der Waals surface area contributed by atoms with Gasteiger partial charge in [0.25, 0.3) is 0 Å². The number of hydrogen-bond donors (Lipinski definition) is 0. The Bertz CT molecular complexity index is 716. The number of thioether (sulfide) groups is 1. The van der Waals surface area contributed by atoms with Crippen molar-refractivity contribution in [2.24, 2.45) is 13.0 Å². The van der Waals surface area contributed by atoms with Gasteiger partial charge < -0.3 is 9.47 Å². The van der Waals surface area contributed by atoms with Gasteiger partial charge in [0.05, 0.1) is 17.3 Å². The summed E-state index contributed by atoms with van der Waals surface area (Å²) in [5.74, 6) is 2.05. The minimum absolute atomic E-state index is 0.0829. The van der Waals surface area contributed by atoms with E-state index in [9.17, 15) is 13.2 Å². The van der Waals surface area contributed by atoms with Crippen molar-refractivity contribution >= 4 is 27.5 Å². The van der Waals surface area contributed by atoms with Crippen molar-refractivity contribution in [3.63, 3.8) is 0 Å². The van der Waals surface area contributed by atoms with Crippen molar-refractivity contribution in [1.29, 1.82) is 0 Å². The highest BCUT2D eigenvalue weighted by Crippen LogP contribution is 2.29. The topological polar surface area (TPSA) is 85.2 Å². The molecule has 0 saturated carbocycles. The fourth-order valence-corrected chi connectivity index (χ4v) is 6.00. The Morgan fingerprint density at radius 3 is 2.79 bits per heavy atom. The van der Waals surface area contributed by atoms with Gasteiger partial charge in [0.1, 0.15) is 5.82 Å². The fraction of sp³-hybridized carbons (Fsp3) is 0.800. The van der Waals surface area contributed by atoms with Crippen LogP contribution in [0.4, 0.5) is 0 Å². The van der Waals surface area contributed by atoms with E-state index in [4.69, 9.17) is 0 Å². The molecule has 2 saturated heterocycles. The highest BCUT2D eigenvalue weighted by Gasteiger charge is 2.32. The third-order valence-corrected chi connectivity index (χ3v) is 7.57. The molecule has 0 aromatic carbocycles. The molecule has 24 heavy (non-hydrogen) atoms. The molecule has 1 aromatic rings. The van der Waals surface area contributed by atoms with Crippen LogP contribution >= 0.6 is 11.8 Å². The van der Waals surface area contributed by atoms with Gasteiger partial charge in [-0.25, -0.2) is 8.42 Å². The molecule has 0 aliphatic carbocycles. The first-order chi connectivity index (χ1) is 11.4. The Balaban J connectivity index is 1.59. The van der Waals surface area contributed by atoms with Crippen LogP contribution in [-0.2, 0) is 21.7 Å². The third-order valence-electron chi connectivity index (χ3n) is 4.80. The smallest absolute Gasteiger partial charge is 0.233 e. The number of nitrogens with zero attached hydrogens (tertiary/aromatic N) is 4. The minimum Gasteiger partial charge on any atom is -0.342 e. The van der Waals surface area contributed by atoms with Gasteiger partial charge in [0.2, 0.25) is 5.91 Å². The summed E-state index contributed by atoms with van der Waals surface area (Å²) < 4.78 is 25.1. The van der Waals surface area contributed by atoms with E-state index >= 15 is 0 Å². The fourth-order valence-electron chi connectivity index (χ4n) is 3.44. The monoisotopic (exact) mass is 372 g/mol. The van der Waals surface area contributed by atoms with Crippen LogP contribution in [-0.4, -0.2) is 64.3 Å². The standard InChI is InChI=1S/C15H24N4O3S2/c1-11-4-3-6-19(8-11)13(20)9-23-15-17-16-14(18(15)2)12-5-7-24(21,22)10-12/h11-12H,3-10H2,1-2H3/t11-,12+/m0/s1. The van der Waals surface area contributed by atoms with Crippen LogP contribution in [0.1, 0.15) is 37.9 Å². The Hall–Kier alpha value is -1.09. The van der Waals surface area contributed by atoms with Crippen LogP contribution in [0.3, 0.4) is 0 Å². The highest BCUT2D eigenvalue weighted by molar-refractivity contribution is 7.99. The number of carbonyl (C=O) groups is 1. The molecule has 134 valence electrons. The van der Waals surface area contributed by atoms with Gasteiger partial charge in [-0.15, -0.1) is 10.2 Å². The number of likely N-dealkylation sites (tertiary alicyclic amines) is 1. The van der Waals surface area contributed by atoms with Crippen molar-refractivity contribution in [3.05, 3.63) is 5.82 Å². The second kappa shape index (κ2) is 7.03. The van der Waals surface area contributed by atoms with E-state index in [1.54, 1.807) is 0 Å². The van der Waals surface area contributed by atoms with Gasteiger partial charge in [-0.3, -0.25) is 4.79 Å². The van der Waals surface area contributed by atoms with Gasteiger partial charge in [0.15, 0.2) is 15.0 Å². The molecule has 2 aliphatic rings. The first kappa shape index (κ1) is 17.7. The summed E-state index contributed by atoms with van der Waals surface area (Å²) in [6, 6.07) is 0. The van der Waals surface area contributed by atoms with Crippen molar-refractivity contribution in [3.8, 4) is 0 Å². The first-order valence-corrected chi connectivity index (χ1v) is 11.2. The van der Waals surface area contributed by atoms with Gasteiger partial charge in [-0.1, -0.05) is 18.7 Å². The summed E-state index contributed by atoms with van der Waals surface area (Å²) in [6.45, 7) is 3.86. The molecule has 0 bridgehead atoms. The maximum absolute atomic E-state index is 12.3. The Kier molecular flexibility index (Phi) is 5.19.